The van der Waals surface area contributed by atoms with Crippen molar-refractivity contribution in [3.8, 4) is 0 Å². The molecule has 0 saturated carbocycles. The lowest BCUT2D eigenvalue weighted by atomic mass is 10.0. The van der Waals surface area contributed by atoms with Crippen LogP contribution in [-0.4, -0.2) is 4.57 Å². The number of aromatic nitrogens is 2. The summed E-state index contributed by atoms with van der Waals surface area (Å²) in [6, 6.07) is 0. The van der Waals surface area contributed by atoms with E-state index < -0.39 is 0 Å². The highest BCUT2D eigenvalue weighted by Crippen LogP contribution is 2.17. The van der Waals surface area contributed by atoms with Gasteiger partial charge in [-0.3, -0.25) is 0 Å². The number of unbranched alkanes of at least 4 members (excludes halogenated alkanes) is 40. The van der Waals surface area contributed by atoms with Crippen LogP contribution in [0.5, 0.6) is 0 Å². The first-order chi connectivity index (χ1) is 26.8. The molecule has 320 valence electrons. The first-order valence-corrected chi connectivity index (χ1v) is 25.9. The molecule has 0 unspecified atom stereocenters. The van der Waals surface area contributed by atoms with Crippen LogP contribution in [-0.2, 0) is 19.5 Å². The maximum Gasteiger partial charge on any atom is 0.256 e. The Labute approximate surface area is 342 Å². The zero-order valence-electron chi connectivity index (χ0n) is 38.1. The van der Waals surface area contributed by atoms with E-state index in [0.29, 0.717) is 0 Å². The van der Waals surface area contributed by atoms with E-state index in [9.17, 15) is 0 Å². The topological polar surface area (TPSA) is 8.81 Å². The van der Waals surface area contributed by atoms with Gasteiger partial charge >= 0.3 is 0 Å². The second-order valence-corrected chi connectivity index (χ2v) is 18.0. The molecule has 0 radical (unpaired) electrons. The van der Waals surface area contributed by atoms with Gasteiger partial charge in [0, 0.05) is 6.42 Å². The Balaban J connectivity index is 2.22. The van der Waals surface area contributed by atoms with Gasteiger partial charge in [0.1, 0.15) is 12.4 Å². The third-order valence-electron chi connectivity index (χ3n) is 12.6. The fourth-order valence-corrected chi connectivity index (χ4v) is 8.80. The number of aryl methyl sites for hydroxylation is 2. The first kappa shape index (κ1) is 51.2. The fraction of sp³-hybridized carbons (Fsp3) is 0.942. The molecule has 1 rings (SSSR count). The molecule has 1 aromatic rings. The monoisotopic (exact) mass is 756 g/mol. The maximum atomic E-state index is 2.66. The molecular formula is C52H103N2+. The van der Waals surface area contributed by atoms with Crippen LogP contribution in [0.25, 0.3) is 0 Å². The summed E-state index contributed by atoms with van der Waals surface area (Å²) in [5, 5.41) is 0. The van der Waals surface area contributed by atoms with E-state index in [4.69, 9.17) is 0 Å². The van der Waals surface area contributed by atoms with Crippen LogP contribution in [0.1, 0.15) is 303 Å². The molecule has 1 aromatic heterocycles. The third-order valence-corrected chi connectivity index (χ3v) is 12.6. The van der Waals surface area contributed by atoms with E-state index in [1.165, 1.54) is 296 Å². The lowest BCUT2D eigenvalue weighted by Crippen LogP contribution is -2.37. The summed E-state index contributed by atoms with van der Waals surface area (Å²) >= 11 is 0. The van der Waals surface area contributed by atoms with Crippen molar-refractivity contribution in [1.29, 1.82) is 0 Å². The lowest BCUT2D eigenvalue weighted by molar-refractivity contribution is -0.704. The van der Waals surface area contributed by atoms with Gasteiger partial charge in [-0.15, -0.1) is 0 Å². The van der Waals surface area contributed by atoms with E-state index in [-0.39, 0.29) is 0 Å². The van der Waals surface area contributed by atoms with Gasteiger partial charge in [-0.2, -0.15) is 0 Å². The minimum atomic E-state index is 1.23. The van der Waals surface area contributed by atoms with Gasteiger partial charge in [0.2, 0.25) is 0 Å². The molecular weight excluding hydrogens is 653 g/mol. The lowest BCUT2D eigenvalue weighted by Gasteiger charge is -2.07. The van der Waals surface area contributed by atoms with Crippen molar-refractivity contribution >= 4 is 0 Å². The standard InChI is InChI=1S/C52H103N2/c1-4-7-10-13-16-19-22-24-26-28-30-32-34-37-40-43-46-49-54-51-50-53(48-45-42-39-36-21-18-15-12-9-6-3)52(54)47-44-41-38-35-33-31-29-27-25-23-20-17-14-11-8-5-2/h50-51H,4-49H2,1-3H3/q+1. The predicted octanol–water partition coefficient (Wildman–Crippen LogP) is 18.2. The fourth-order valence-electron chi connectivity index (χ4n) is 8.80. The number of nitrogens with zero attached hydrogens (tertiary/aromatic N) is 2. The quantitative estimate of drug-likeness (QED) is 0.0463. The van der Waals surface area contributed by atoms with Crippen molar-refractivity contribution in [2.45, 2.75) is 316 Å². The molecule has 0 saturated heterocycles. The van der Waals surface area contributed by atoms with Gasteiger partial charge in [-0.1, -0.05) is 265 Å². The highest BCUT2D eigenvalue weighted by atomic mass is 15.1. The highest BCUT2D eigenvalue weighted by molar-refractivity contribution is 4.84. The summed E-state index contributed by atoms with van der Waals surface area (Å²) in [7, 11) is 0. The van der Waals surface area contributed by atoms with Gasteiger partial charge in [0.05, 0.1) is 13.1 Å². The predicted molar refractivity (Wildman–Crippen MR) is 244 cm³/mol. The molecule has 0 atom stereocenters. The van der Waals surface area contributed by atoms with Gasteiger partial charge < -0.3 is 0 Å². The largest absolute Gasteiger partial charge is 0.256 e. The number of hydrogen-bond acceptors (Lipinski definition) is 0. The van der Waals surface area contributed by atoms with Gasteiger partial charge in [0.15, 0.2) is 0 Å². The Bertz CT molecular complexity index is 826. The summed E-state index contributed by atoms with van der Waals surface area (Å²) < 4.78 is 5.32. The molecule has 0 fully saturated rings. The summed E-state index contributed by atoms with van der Waals surface area (Å²) in [4.78, 5) is 0. The molecule has 0 spiro atoms. The maximum absolute atomic E-state index is 2.66. The van der Waals surface area contributed by atoms with Gasteiger partial charge in [-0.25, -0.2) is 9.13 Å². The highest BCUT2D eigenvalue weighted by Gasteiger charge is 2.16. The van der Waals surface area contributed by atoms with E-state index in [1.54, 1.807) is 5.82 Å². The normalized spacial score (nSPS) is 11.7. The molecule has 54 heavy (non-hydrogen) atoms. The molecule has 2 heteroatoms. The van der Waals surface area contributed by atoms with Crippen LogP contribution >= 0.6 is 0 Å². The van der Waals surface area contributed by atoms with E-state index in [1.807, 2.05) is 0 Å². The summed E-state index contributed by atoms with van der Waals surface area (Å²) in [6.07, 6.45) is 68.3. The minimum absolute atomic E-state index is 1.23. The number of rotatable bonds is 46. The molecule has 0 aromatic carbocycles. The van der Waals surface area contributed by atoms with Crippen LogP contribution in [0.2, 0.25) is 0 Å². The summed E-state index contributed by atoms with van der Waals surface area (Å²) in [5.41, 5.74) is 0. The van der Waals surface area contributed by atoms with Crippen molar-refractivity contribution in [2.75, 3.05) is 0 Å². The SMILES string of the molecule is CCCCCCCCCCCCCCCCCCC[n+]1ccn(CCCCCCCCCCCC)c1CCCCCCCCCCCCCCCCCC. The molecule has 0 aliphatic rings. The minimum Gasteiger partial charge on any atom is -0.234 e. The molecule has 0 aliphatic carbocycles. The zero-order chi connectivity index (χ0) is 38.7. The smallest absolute Gasteiger partial charge is 0.234 e. The third kappa shape index (κ3) is 34.5. The van der Waals surface area contributed by atoms with Gasteiger partial charge in [-0.05, 0) is 32.1 Å². The van der Waals surface area contributed by atoms with Crippen LogP contribution < -0.4 is 4.57 Å². The van der Waals surface area contributed by atoms with Crippen molar-refractivity contribution in [2.24, 2.45) is 0 Å². The molecule has 0 N–H and O–H groups in total. The molecule has 2 nitrogen and oxygen atoms in total. The number of hydrogen-bond donors (Lipinski definition) is 0. The van der Waals surface area contributed by atoms with Crippen LogP contribution in [0.15, 0.2) is 12.4 Å². The average molecular weight is 756 g/mol. The van der Waals surface area contributed by atoms with E-state index in [0.717, 1.165) is 0 Å². The van der Waals surface area contributed by atoms with E-state index in [2.05, 4.69) is 42.3 Å². The van der Waals surface area contributed by atoms with Crippen LogP contribution in [0.4, 0.5) is 0 Å². The van der Waals surface area contributed by atoms with Gasteiger partial charge in [0.25, 0.3) is 5.82 Å². The van der Waals surface area contributed by atoms with Crippen molar-refractivity contribution in [3.05, 3.63) is 18.2 Å². The Morgan fingerprint density at radius 3 is 0.889 bits per heavy atom. The van der Waals surface area contributed by atoms with Crippen molar-refractivity contribution in [3.63, 3.8) is 0 Å². The summed E-state index contributed by atoms with van der Waals surface area (Å²) in [5.74, 6) is 1.63. The Morgan fingerprint density at radius 2 is 0.574 bits per heavy atom. The second-order valence-electron chi connectivity index (χ2n) is 18.0. The molecule has 0 aliphatic heterocycles. The van der Waals surface area contributed by atoms with Crippen LogP contribution in [0.3, 0.4) is 0 Å². The number of imidazole rings is 1. The Hall–Kier alpha value is -0.790. The van der Waals surface area contributed by atoms with Crippen molar-refractivity contribution in [1.82, 2.24) is 4.57 Å². The van der Waals surface area contributed by atoms with E-state index >= 15 is 0 Å². The Morgan fingerprint density at radius 1 is 0.315 bits per heavy atom. The average Bonchev–Trinajstić information content (AvgIpc) is 3.57. The second kappa shape index (κ2) is 43.3. The molecule has 0 bridgehead atoms. The molecule has 1 heterocycles. The van der Waals surface area contributed by atoms with Crippen molar-refractivity contribution < 1.29 is 4.57 Å². The summed E-state index contributed by atoms with van der Waals surface area (Å²) in [6.45, 7) is 9.42. The first-order valence-electron chi connectivity index (χ1n) is 25.9. The zero-order valence-corrected chi connectivity index (χ0v) is 38.1. The Kier molecular flexibility index (Phi) is 41.1. The molecule has 0 amide bonds. The van der Waals surface area contributed by atoms with Crippen LogP contribution in [0, 0.1) is 0 Å².